The second-order valence-corrected chi connectivity index (χ2v) is 3.89. The van der Waals surface area contributed by atoms with Crippen LogP contribution in [0.1, 0.15) is 33.6 Å². The van der Waals surface area contributed by atoms with Crippen molar-refractivity contribution >= 4 is 0 Å². The van der Waals surface area contributed by atoms with E-state index in [2.05, 4.69) is 18.4 Å². The van der Waals surface area contributed by atoms with E-state index in [0.717, 1.165) is 0 Å². The average Bonchev–Trinajstić information content (AvgIpc) is 2.15. The molecular formula is C13H20O2. The molecule has 0 aliphatic heterocycles. The first-order valence-electron chi connectivity index (χ1n) is 5.15. The molecule has 0 saturated carbocycles. The molecule has 2 heteroatoms. The van der Waals surface area contributed by atoms with Crippen LogP contribution >= 0.6 is 0 Å². The molecule has 2 nitrogen and oxygen atoms in total. The summed E-state index contributed by atoms with van der Waals surface area (Å²) in [6.45, 7) is 8.81. The van der Waals surface area contributed by atoms with Gasteiger partial charge < -0.3 is 10.2 Å². The first-order chi connectivity index (χ1) is 6.91. The van der Waals surface area contributed by atoms with Gasteiger partial charge in [0.25, 0.3) is 0 Å². The van der Waals surface area contributed by atoms with Crippen LogP contribution in [0, 0.1) is 11.8 Å². The smallest absolute Gasteiger partial charge is 0.114 e. The molecule has 0 aliphatic carbocycles. The molecule has 1 unspecified atom stereocenters. The fourth-order valence-electron chi connectivity index (χ4n) is 0.918. The summed E-state index contributed by atoms with van der Waals surface area (Å²) in [4.78, 5) is 0. The van der Waals surface area contributed by atoms with Crippen molar-refractivity contribution in [3.63, 3.8) is 0 Å². The SMILES string of the molecule is C=CC/C=C(/C#CC(O)CC)C(C)(C)O. The van der Waals surface area contributed by atoms with Crippen molar-refractivity contribution < 1.29 is 10.2 Å². The Bertz CT molecular complexity index is 284. The Morgan fingerprint density at radius 3 is 2.53 bits per heavy atom. The van der Waals surface area contributed by atoms with Gasteiger partial charge in [0.1, 0.15) is 6.10 Å². The van der Waals surface area contributed by atoms with Gasteiger partial charge in [-0.1, -0.05) is 30.9 Å². The van der Waals surface area contributed by atoms with E-state index < -0.39 is 11.7 Å². The summed E-state index contributed by atoms with van der Waals surface area (Å²) in [6, 6.07) is 0. The van der Waals surface area contributed by atoms with E-state index in [1.807, 2.05) is 13.0 Å². The summed E-state index contributed by atoms with van der Waals surface area (Å²) < 4.78 is 0. The number of aliphatic hydroxyl groups excluding tert-OH is 1. The van der Waals surface area contributed by atoms with Crippen molar-refractivity contribution in [2.45, 2.75) is 45.3 Å². The Hall–Kier alpha value is -1.04. The molecule has 0 spiro atoms. The van der Waals surface area contributed by atoms with E-state index in [1.165, 1.54) is 0 Å². The molecule has 0 saturated heterocycles. The molecule has 15 heavy (non-hydrogen) atoms. The van der Waals surface area contributed by atoms with Crippen LogP contribution in [0.15, 0.2) is 24.3 Å². The Balaban J connectivity index is 4.79. The molecule has 0 amide bonds. The van der Waals surface area contributed by atoms with Crippen LogP contribution in [0.25, 0.3) is 0 Å². The fraction of sp³-hybridized carbons (Fsp3) is 0.538. The highest BCUT2D eigenvalue weighted by Gasteiger charge is 2.16. The molecule has 0 aliphatic rings. The predicted molar refractivity (Wildman–Crippen MR) is 63.3 cm³/mol. The topological polar surface area (TPSA) is 40.5 Å². The molecule has 0 radical (unpaired) electrons. The van der Waals surface area contributed by atoms with Gasteiger partial charge in [-0.25, -0.2) is 0 Å². The largest absolute Gasteiger partial charge is 0.385 e. The Morgan fingerprint density at radius 2 is 2.13 bits per heavy atom. The zero-order chi connectivity index (χ0) is 11.9. The third-order valence-electron chi connectivity index (χ3n) is 1.91. The highest BCUT2D eigenvalue weighted by molar-refractivity contribution is 5.36. The molecule has 84 valence electrons. The molecule has 0 bridgehead atoms. The van der Waals surface area contributed by atoms with Crippen molar-refractivity contribution in [1.82, 2.24) is 0 Å². The highest BCUT2D eigenvalue weighted by atomic mass is 16.3. The van der Waals surface area contributed by atoms with Gasteiger partial charge >= 0.3 is 0 Å². The Labute approximate surface area is 92.3 Å². The third-order valence-corrected chi connectivity index (χ3v) is 1.91. The van der Waals surface area contributed by atoms with Gasteiger partial charge in [0.2, 0.25) is 0 Å². The van der Waals surface area contributed by atoms with Gasteiger partial charge in [0, 0.05) is 5.57 Å². The molecule has 2 N–H and O–H groups in total. The number of rotatable bonds is 4. The maximum atomic E-state index is 9.80. The third kappa shape index (κ3) is 6.11. The molecule has 0 aromatic rings. The van der Waals surface area contributed by atoms with Crippen molar-refractivity contribution in [2.75, 3.05) is 0 Å². The summed E-state index contributed by atoms with van der Waals surface area (Å²) in [6.07, 6.45) is 4.19. The van der Waals surface area contributed by atoms with E-state index in [4.69, 9.17) is 0 Å². The average molecular weight is 208 g/mol. The zero-order valence-corrected chi connectivity index (χ0v) is 9.75. The quantitative estimate of drug-likeness (QED) is 0.548. The van der Waals surface area contributed by atoms with E-state index in [-0.39, 0.29) is 0 Å². The van der Waals surface area contributed by atoms with E-state index in [0.29, 0.717) is 18.4 Å². The minimum atomic E-state index is -0.969. The highest BCUT2D eigenvalue weighted by Crippen LogP contribution is 2.15. The number of allylic oxidation sites excluding steroid dienone is 2. The maximum absolute atomic E-state index is 9.80. The lowest BCUT2D eigenvalue weighted by atomic mass is 9.97. The van der Waals surface area contributed by atoms with Crippen molar-refractivity contribution in [2.24, 2.45) is 0 Å². The lowest BCUT2D eigenvalue weighted by Gasteiger charge is -2.17. The normalized spacial score (nSPS) is 14.1. The van der Waals surface area contributed by atoms with E-state index in [1.54, 1.807) is 19.9 Å². The van der Waals surface area contributed by atoms with Crippen LogP contribution in [0.4, 0.5) is 0 Å². The minimum Gasteiger partial charge on any atom is -0.385 e. The van der Waals surface area contributed by atoms with Crippen LogP contribution in [-0.2, 0) is 0 Å². The van der Waals surface area contributed by atoms with E-state index >= 15 is 0 Å². The number of hydrogen-bond acceptors (Lipinski definition) is 2. The summed E-state index contributed by atoms with van der Waals surface area (Å²) in [5, 5.41) is 19.1. The predicted octanol–water partition coefficient (Wildman–Crippen LogP) is 2.03. The molecular weight excluding hydrogens is 188 g/mol. The minimum absolute atomic E-state index is 0.591. The monoisotopic (exact) mass is 208 g/mol. The van der Waals surface area contributed by atoms with Gasteiger partial charge in [0.15, 0.2) is 0 Å². The molecule has 0 heterocycles. The molecule has 0 fully saturated rings. The second kappa shape index (κ2) is 6.44. The summed E-state index contributed by atoms with van der Waals surface area (Å²) >= 11 is 0. The van der Waals surface area contributed by atoms with Gasteiger partial charge in [-0.3, -0.25) is 0 Å². The van der Waals surface area contributed by atoms with Crippen LogP contribution in [0.3, 0.4) is 0 Å². The molecule has 1 atom stereocenters. The Morgan fingerprint density at radius 1 is 1.53 bits per heavy atom. The van der Waals surface area contributed by atoms with E-state index in [9.17, 15) is 10.2 Å². The zero-order valence-electron chi connectivity index (χ0n) is 9.75. The standard InChI is InChI=1S/C13H20O2/c1-5-7-8-11(13(3,4)15)9-10-12(14)6-2/h5,8,12,14-15H,1,6-7H2,2-4H3/b11-8-. The number of aliphatic hydroxyl groups is 2. The van der Waals surface area contributed by atoms with Crippen molar-refractivity contribution in [3.8, 4) is 11.8 Å². The summed E-state index contributed by atoms with van der Waals surface area (Å²) in [7, 11) is 0. The first-order valence-corrected chi connectivity index (χ1v) is 5.15. The van der Waals surface area contributed by atoms with Gasteiger partial charge in [-0.15, -0.1) is 6.58 Å². The Kier molecular flexibility index (Phi) is 6.00. The van der Waals surface area contributed by atoms with Gasteiger partial charge in [0.05, 0.1) is 5.60 Å². The second-order valence-electron chi connectivity index (χ2n) is 3.89. The number of hydrogen-bond donors (Lipinski definition) is 2. The van der Waals surface area contributed by atoms with Crippen molar-refractivity contribution in [3.05, 3.63) is 24.3 Å². The van der Waals surface area contributed by atoms with Crippen LogP contribution in [0.2, 0.25) is 0 Å². The van der Waals surface area contributed by atoms with Crippen molar-refractivity contribution in [1.29, 1.82) is 0 Å². The fourth-order valence-corrected chi connectivity index (χ4v) is 0.918. The summed E-state index contributed by atoms with van der Waals surface area (Å²) in [5.74, 6) is 5.50. The maximum Gasteiger partial charge on any atom is 0.114 e. The van der Waals surface area contributed by atoms with Crippen LogP contribution < -0.4 is 0 Å². The molecule has 0 aromatic carbocycles. The molecule has 0 aromatic heterocycles. The lowest BCUT2D eigenvalue weighted by Crippen LogP contribution is -2.21. The van der Waals surface area contributed by atoms with Gasteiger partial charge in [-0.2, -0.15) is 0 Å². The summed E-state index contributed by atoms with van der Waals surface area (Å²) in [5.41, 5.74) is -0.349. The van der Waals surface area contributed by atoms with Crippen LogP contribution in [-0.4, -0.2) is 21.9 Å². The lowest BCUT2D eigenvalue weighted by molar-refractivity contribution is 0.124. The first kappa shape index (κ1) is 14.0. The molecule has 0 rings (SSSR count). The van der Waals surface area contributed by atoms with Gasteiger partial charge in [-0.05, 0) is 26.7 Å². The van der Waals surface area contributed by atoms with Crippen LogP contribution in [0.5, 0.6) is 0 Å².